The number of aliphatic hydroxyl groups excluding tert-OH is 2. The molecule has 2 unspecified atom stereocenters. The number of hydrogen-bond acceptors (Lipinski definition) is 6. The van der Waals surface area contributed by atoms with E-state index in [1.54, 1.807) is 7.05 Å². The molecule has 0 saturated carbocycles. The number of nitrogens with one attached hydrogen (secondary N) is 2. The van der Waals surface area contributed by atoms with E-state index in [1.807, 2.05) is 0 Å². The van der Waals surface area contributed by atoms with Gasteiger partial charge in [-0.1, -0.05) is 0 Å². The Morgan fingerprint density at radius 3 is 2.94 bits per heavy atom. The molecule has 2 atom stereocenters. The maximum absolute atomic E-state index is 11.3. The van der Waals surface area contributed by atoms with Crippen LogP contribution < -0.4 is 5.32 Å². The molecule has 1 heterocycles. The van der Waals surface area contributed by atoms with Crippen LogP contribution in [0.25, 0.3) is 0 Å². The highest BCUT2D eigenvalue weighted by atomic mass is 16.5. The number of aromatic amines is 1. The minimum absolute atomic E-state index is 0.0464. The topological polar surface area (TPSA) is 107 Å². The molecule has 1 aromatic heterocycles. The van der Waals surface area contributed by atoms with E-state index in [0.29, 0.717) is 0 Å². The fourth-order valence-corrected chi connectivity index (χ4v) is 1.31. The third-order valence-electron chi connectivity index (χ3n) is 2.15. The van der Waals surface area contributed by atoms with Gasteiger partial charge in [0.05, 0.1) is 19.4 Å². The van der Waals surface area contributed by atoms with Gasteiger partial charge in [-0.15, -0.1) is 0 Å². The number of aromatic nitrogens is 2. The minimum Gasteiger partial charge on any atom is -0.464 e. The second kappa shape index (κ2) is 5.59. The zero-order valence-corrected chi connectivity index (χ0v) is 9.10. The van der Waals surface area contributed by atoms with Crippen molar-refractivity contribution in [3.63, 3.8) is 0 Å². The van der Waals surface area contributed by atoms with Gasteiger partial charge in [-0.2, -0.15) is 5.10 Å². The molecule has 16 heavy (non-hydrogen) atoms. The molecule has 0 aromatic carbocycles. The van der Waals surface area contributed by atoms with Gasteiger partial charge in [-0.05, 0) is 7.05 Å². The lowest BCUT2D eigenvalue weighted by atomic mass is 10.1. The van der Waals surface area contributed by atoms with Crippen LogP contribution in [0.4, 0.5) is 0 Å². The maximum Gasteiger partial charge on any atom is 0.356 e. The molecule has 7 heteroatoms. The number of ether oxygens (including phenoxy) is 1. The van der Waals surface area contributed by atoms with Crippen LogP contribution in [0.3, 0.4) is 0 Å². The summed E-state index contributed by atoms with van der Waals surface area (Å²) in [5.74, 6) is -0.636. The van der Waals surface area contributed by atoms with Gasteiger partial charge < -0.3 is 20.3 Å². The van der Waals surface area contributed by atoms with Crippen LogP contribution in [0.15, 0.2) is 6.20 Å². The van der Waals surface area contributed by atoms with Crippen LogP contribution in [-0.2, 0) is 4.74 Å². The Kier molecular flexibility index (Phi) is 4.41. The van der Waals surface area contributed by atoms with Crippen molar-refractivity contribution in [2.24, 2.45) is 0 Å². The van der Waals surface area contributed by atoms with Gasteiger partial charge in [-0.25, -0.2) is 4.79 Å². The van der Waals surface area contributed by atoms with Crippen molar-refractivity contribution in [2.75, 3.05) is 20.7 Å². The average molecular weight is 229 g/mol. The van der Waals surface area contributed by atoms with Crippen LogP contribution in [0, 0.1) is 0 Å². The number of carbonyl (C=O) groups is 1. The van der Waals surface area contributed by atoms with Crippen molar-refractivity contribution in [2.45, 2.75) is 12.2 Å². The van der Waals surface area contributed by atoms with Gasteiger partial charge in [0, 0.05) is 12.1 Å². The first kappa shape index (κ1) is 12.6. The van der Waals surface area contributed by atoms with Crippen molar-refractivity contribution in [3.05, 3.63) is 17.5 Å². The zero-order valence-electron chi connectivity index (χ0n) is 9.10. The van der Waals surface area contributed by atoms with E-state index in [9.17, 15) is 15.0 Å². The van der Waals surface area contributed by atoms with Gasteiger partial charge in [0.1, 0.15) is 11.8 Å². The summed E-state index contributed by atoms with van der Waals surface area (Å²) in [6.07, 6.45) is -0.929. The van der Waals surface area contributed by atoms with E-state index in [0.717, 1.165) is 0 Å². The van der Waals surface area contributed by atoms with Crippen LogP contribution in [0.1, 0.15) is 22.2 Å². The molecule has 0 saturated heterocycles. The molecule has 0 aliphatic rings. The number of hydrogen-bond donors (Lipinski definition) is 4. The van der Waals surface area contributed by atoms with E-state index in [-0.39, 0.29) is 17.8 Å². The second-order valence-electron chi connectivity index (χ2n) is 3.26. The molecule has 0 amide bonds. The molecule has 0 spiro atoms. The molecule has 0 radical (unpaired) electrons. The van der Waals surface area contributed by atoms with Crippen LogP contribution >= 0.6 is 0 Å². The third-order valence-corrected chi connectivity index (χ3v) is 2.15. The molecule has 1 aromatic rings. The molecular weight excluding hydrogens is 214 g/mol. The normalized spacial score (nSPS) is 14.5. The number of aliphatic hydroxyl groups is 2. The Labute approximate surface area is 92.4 Å². The molecule has 90 valence electrons. The van der Waals surface area contributed by atoms with Crippen LogP contribution in [0.5, 0.6) is 0 Å². The van der Waals surface area contributed by atoms with Crippen molar-refractivity contribution >= 4 is 5.97 Å². The van der Waals surface area contributed by atoms with Crippen LogP contribution in [0.2, 0.25) is 0 Å². The van der Waals surface area contributed by atoms with Crippen molar-refractivity contribution in [1.82, 2.24) is 15.5 Å². The Bertz CT molecular complexity index is 352. The highest BCUT2D eigenvalue weighted by Gasteiger charge is 2.25. The summed E-state index contributed by atoms with van der Waals surface area (Å²) in [6.45, 7) is 0.201. The number of likely N-dealkylation sites (N-methyl/N-ethyl adjacent to an activating group) is 1. The summed E-state index contributed by atoms with van der Waals surface area (Å²) >= 11 is 0. The molecule has 0 aliphatic heterocycles. The number of methoxy groups -OCH3 is 1. The van der Waals surface area contributed by atoms with Crippen LogP contribution in [-0.4, -0.2) is 53.2 Å². The predicted molar refractivity (Wildman–Crippen MR) is 54.8 cm³/mol. The van der Waals surface area contributed by atoms with E-state index in [4.69, 9.17) is 0 Å². The van der Waals surface area contributed by atoms with Crippen molar-refractivity contribution < 1.29 is 19.7 Å². The molecule has 1 rings (SSSR count). The lowest BCUT2D eigenvalue weighted by molar-refractivity contribution is 0.0189. The fourth-order valence-electron chi connectivity index (χ4n) is 1.31. The van der Waals surface area contributed by atoms with E-state index in [1.165, 1.54) is 13.3 Å². The first-order valence-corrected chi connectivity index (χ1v) is 4.74. The first-order valence-electron chi connectivity index (χ1n) is 4.74. The Hall–Kier alpha value is -1.44. The molecular formula is C9H15N3O4. The second-order valence-corrected chi connectivity index (χ2v) is 3.26. The van der Waals surface area contributed by atoms with Gasteiger partial charge in [0.15, 0.2) is 0 Å². The lowest BCUT2D eigenvalue weighted by Gasteiger charge is -2.16. The monoisotopic (exact) mass is 229 g/mol. The largest absolute Gasteiger partial charge is 0.464 e. The number of carbonyl (C=O) groups excluding carboxylic acids is 1. The quantitative estimate of drug-likeness (QED) is 0.473. The van der Waals surface area contributed by atoms with E-state index in [2.05, 4.69) is 20.3 Å². The summed E-state index contributed by atoms with van der Waals surface area (Å²) in [5.41, 5.74) is 0.264. The summed E-state index contributed by atoms with van der Waals surface area (Å²) in [7, 11) is 2.87. The highest BCUT2D eigenvalue weighted by molar-refractivity contribution is 5.88. The summed E-state index contributed by atoms with van der Waals surface area (Å²) in [5, 5.41) is 28.1. The van der Waals surface area contributed by atoms with Crippen molar-refractivity contribution in [3.8, 4) is 0 Å². The Balaban J connectivity index is 2.87. The van der Waals surface area contributed by atoms with Crippen molar-refractivity contribution in [1.29, 1.82) is 0 Å². The fraction of sp³-hybridized carbons (Fsp3) is 0.556. The van der Waals surface area contributed by atoms with E-state index >= 15 is 0 Å². The standard InChI is InChI=1S/C9H15N3O4/c1-10-4-6(13)8(14)5-3-11-12-7(5)9(15)16-2/h3,6,8,10,13-14H,4H2,1-2H3,(H,11,12). The molecule has 4 N–H and O–H groups in total. The van der Waals surface area contributed by atoms with Gasteiger partial charge in [0.2, 0.25) is 0 Å². The third kappa shape index (κ3) is 2.57. The number of nitrogens with zero attached hydrogens (tertiary/aromatic N) is 1. The Morgan fingerprint density at radius 1 is 1.69 bits per heavy atom. The summed E-state index contributed by atoms with van der Waals surface area (Å²) in [4.78, 5) is 11.3. The first-order chi connectivity index (χ1) is 7.61. The molecule has 0 bridgehead atoms. The maximum atomic E-state index is 11.3. The molecule has 7 nitrogen and oxygen atoms in total. The minimum atomic E-state index is -1.19. The summed E-state index contributed by atoms with van der Waals surface area (Å²) in [6, 6.07) is 0. The average Bonchev–Trinajstić information content (AvgIpc) is 2.76. The predicted octanol–water partition coefficient (Wildman–Crippen LogP) is -1.19. The summed E-state index contributed by atoms with van der Waals surface area (Å²) < 4.78 is 4.51. The number of H-pyrrole nitrogens is 1. The Morgan fingerprint density at radius 2 is 2.38 bits per heavy atom. The zero-order chi connectivity index (χ0) is 12.1. The number of rotatable bonds is 5. The van der Waals surface area contributed by atoms with Gasteiger partial charge in [0.25, 0.3) is 0 Å². The molecule has 0 aliphatic carbocycles. The lowest BCUT2D eigenvalue weighted by Crippen LogP contribution is -2.30. The number of esters is 1. The molecule has 0 fully saturated rings. The SMILES string of the molecule is CNCC(O)C(O)c1cn[nH]c1C(=O)OC. The van der Waals surface area contributed by atoms with Gasteiger partial charge >= 0.3 is 5.97 Å². The van der Waals surface area contributed by atoms with E-state index < -0.39 is 18.2 Å². The highest BCUT2D eigenvalue weighted by Crippen LogP contribution is 2.19. The smallest absolute Gasteiger partial charge is 0.356 e. The van der Waals surface area contributed by atoms with Gasteiger partial charge in [-0.3, -0.25) is 5.10 Å².